The molecule has 2 aromatic rings. The lowest BCUT2D eigenvalue weighted by Crippen LogP contribution is -2.60. The monoisotopic (exact) mass is 897 g/mol. The van der Waals surface area contributed by atoms with Crippen molar-refractivity contribution in [2.75, 3.05) is 58.4 Å². The van der Waals surface area contributed by atoms with Gasteiger partial charge in [0.1, 0.15) is 36.9 Å². The summed E-state index contributed by atoms with van der Waals surface area (Å²) in [5.74, 6) is -1.59. The van der Waals surface area contributed by atoms with Crippen LogP contribution in [0.4, 0.5) is 0 Å². The molecule has 0 spiro atoms. The van der Waals surface area contributed by atoms with Crippen LogP contribution in [0.3, 0.4) is 0 Å². The zero-order valence-electron chi connectivity index (χ0n) is 37.3. The van der Waals surface area contributed by atoms with Gasteiger partial charge in [-0.05, 0) is 62.0 Å². The van der Waals surface area contributed by atoms with Crippen LogP contribution in [0.15, 0.2) is 60.7 Å². The fourth-order valence-electron chi connectivity index (χ4n) is 6.89. The normalized spacial score (nSPS) is 16.2. The van der Waals surface area contributed by atoms with E-state index >= 15 is 0 Å². The van der Waals surface area contributed by atoms with Gasteiger partial charge in [-0.1, -0.05) is 94.3 Å². The van der Waals surface area contributed by atoms with Gasteiger partial charge < -0.3 is 35.8 Å². The minimum atomic E-state index is -4.16. The smallest absolute Gasteiger partial charge is 0.267 e. The summed E-state index contributed by atoms with van der Waals surface area (Å²) in [4.78, 5) is 71.7. The Bertz CT molecular complexity index is 1900. The minimum absolute atomic E-state index is 0.00342. The fourth-order valence-corrected chi connectivity index (χ4v) is 7.89. The van der Waals surface area contributed by atoms with Crippen molar-refractivity contribution >= 4 is 39.5 Å². The number of hydrogen-bond acceptors (Lipinski definition) is 12. The van der Waals surface area contributed by atoms with Gasteiger partial charge in [-0.2, -0.15) is 8.42 Å². The zero-order valence-corrected chi connectivity index (χ0v) is 38.1. The summed E-state index contributed by atoms with van der Waals surface area (Å²) in [7, 11) is -4.16. The molecule has 0 bridgehead atoms. The third-order valence-electron chi connectivity index (χ3n) is 10.2. The Labute approximate surface area is 373 Å². The highest BCUT2D eigenvalue weighted by atomic mass is 32.2. The molecule has 5 unspecified atom stereocenters. The summed E-state index contributed by atoms with van der Waals surface area (Å²) < 4.78 is 40.7. The standard InChI is InChI=1S/C46H67N5O11S/c1-7-23-60-24-14-27-63(58,59)62-32-46(6,57)42(53)38(28-33(2)3)48-45(56)40(30-36-17-12-9-13-18-36)50-44(55)39(29-34(4)5)49-43(54)37(20-19-35-15-10-8-11-16-35)47-41(52)31-51-21-25-61-26-22-51/h1,8-13,15-18,33-34,37-40,57H,14,19-32H2,2-6H3,(H,47,52)(H,48,56)(H,49,54)(H,50,55). The Morgan fingerprint density at radius 1 is 0.810 bits per heavy atom. The first-order valence-electron chi connectivity index (χ1n) is 21.6. The molecule has 0 saturated carbocycles. The third-order valence-corrected chi connectivity index (χ3v) is 11.5. The first-order valence-corrected chi connectivity index (χ1v) is 23.2. The highest BCUT2D eigenvalue weighted by molar-refractivity contribution is 7.86. The van der Waals surface area contributed by atoms with Crippen molar-refractivity contribution in [3.05, 3.63) is 71.8 Å². The van der Waals surface area contributed by atoms with Gasteiger partial charge in [-0.3, -0.25) is 33.1 Å². The molecule has 17 heteroatoms. The number of carbonyl (C=O) groups is 5. The number of ether oxygens (including phenoxy) is 2. The highest BCUT2D eigenvalue weighted by Gasteiger charge is 2.40. The van der Waals surface area contributed by atoms with E-state index in [1.807, 2.05) is 62.9 Å². The topological polar surface area (TPSA) is 219 Å². The summed E-state index contributed by atoms with van der Waals surface area (Å²) in [6.07, 6.45) is 6.21. The molecule has 0 aromatic heterocycles. The number of benzene rings is 2. The van der Waals surface area contributed by atoms with E-state index in [-0.39, 0.29) is 69.6 Å². The number of nitrogens with zero attached hydrogens (tertiary/aromatic N) is 1. The summed E-state index contributed by atoms with van der Waals surface area (Å²) in [5, 5.41) is 22.5. The van der Waals surface area contributed by atoms with Gasteiger partial charge in [0.05, 0.1) is 31.6 Å². The van der Waals surface area contributed by atoms with Crippen molar-refractivity contribution in [2.45, 2.75) is 103 Å². The molecule has 3 rings (SSSR count). The van der Waals surface area contributed by atoms with Crippen LogP contribution in [0.25, 0.3) is 0 Å². The van der Waals surface area contributed by atoms with Gasteiger partial charge in [0.25, 0.3) is 10.1 Å². The molecule has 0 radical (unpaired) electrons. The van der Waals surface area contributed by atoms with Crippen molar-refractivity contribution < 1.29 is 51.2 Å². The molecule has 1 aliphatic heterocycles. The van der Waals surface area contributed by atoms with E-state index in [4.69, 9.17) is 20.1 Å². The molecule has 16 nitrogen and oxygen atoms in total. The van der Waals surface area contributed by atoms with Gasteiger partial charge in [-0.25, -0.2) is 0 Å². The number of aliphatic hydroxyl groups is 1. The number of morpholine rings is 1. The second kappa shape index (κ2) is 26.8. The van der Waals surface area contributed by atoms with E-state index in [1.54, 1.807) is 30.3 Å². The van der Waals surface area contributed by atoms with E-state index < -0.39 is 75.8 Å². The number of carbonyl (C=O) groups excluding carboxylic acids is 5. The van der Waals surface area contributed by atoms with E-state index in [2.05, 4.69) is 27.2 Å². The van der Waals surface area contributed by atoms with E-state index in [9.17, 15) is 37.5 Å². The number of aryl methyl sites for hydroxylation is 1. The molecule has 5 N–H and O–H groups in total. The van der Waals surface area contributed by atoms with Gasteiger partial charge in [-0.15, -0.1) is 6.42 Å². The van der Waals surface area contributed by atoms with Crippen LogP contribution in [0.5, 0.6) is 0 Å². The molecule has 63 heavy (non-hydrogen) atoms. The maximum absolute atomic E-state index is 14.3. The molecule has 0 aliphatic carbocycles. The van der Waals surface area contributed by atoms with Crippen LogP contribution in [0.1, 0.15) is 71.4 Å². The predicted molar refractivity (Wildman–Crippen MR) is 238 cm³/mol. The molecule has 4 amide bonds. The van der Waals surface area contributed by atoms with E-state index in [1.165, 1.54) is 0 Å². The van der Waals surface area contributed by atoms with E-state index in [0.717, 1.165) is 12.5 Å². The molecule has 5 atom stereocenters. The van der Waals surface area contributed by atoms with Crippen molar-refractivity contribution in [1.82, 2.24) is 26.2 Å². The van der Waals surface area contributed by atoms with Crippen molar-refractivity contribution in [3.63, 3.8) is 0 Å². The van der Waals surface area contributed by atoms with Crippen molar-refractivity contribution in [1.29, 1.82) is 0 Å². The lowest BCUT2D eigenvalue weighted by Gasteiger charge is -2.30. The highest BCUT2D eigenvalue weighted by Crippen LogP contribution is 2.18. The van der Waals surface area contributed by atoms with E-state index in [0.29, 0.717) is 38.3 Å². The van der Waals surface area contributed by atoms with Crippen LogP contribution >= 0.6 is 0 Å². The van der Waals surface area contributed by atoms with Crippen LogP contribution in [-0.4, -0.2) is 136 Å². The lowest BCUT2D eigenvalue weighted by molar-refractivity contribution is -0.143. The molecule has 2 aromatic carbocycles. The number of hydrogen-bond donors (Lipinski definition) is 5. The molecular weight excluding hydrogens is 831 g/mol. The summed E-state index contributed by atoms with van der Waals surface area (Å²) in [6, 6.07) is 13.8. The quantitative estimate of drug-likeness (QED) is 0.0471. The van der Waals surface area contributed by atoms with Crippen molar-refractivity contribution in [3.8, 4) is 12.3 Å². The Hall–Kier alpha value is -4.70. The van der Waals surface area contributed by atoms with Gasteiger partial charge in [0.15, 0.2) is 5.78 Å². The van der Waals surface area contributed by atoms with Gasteiger partial charge in [0, 0.05) is 26.1 Å². The van der Waals surface area contributed by atoms with Crippen LogP contribution < -0.4 is 21.3 Å². The lowest BCUT2D eigenvalue weighted by atomic mass is 9.90. The Balaban J connectivity index is 1.82. The van der Waals surface area contributed by atoms with Crippen LogP contribution in [-0.2, 0) is 60.6 Å². The van der Waals surface area contributed by atoms with Crippen LogP contribution in [0.2, 0.25) is 0 Å². The Kier molecular flexibility index (Phi) is 22.4. The van der Waals surface area contributed by atoms with Gasteiger partial charge in [0.2, 0.25) is 23.6 Å². The number of amides is 4. The number of nitrogens with one attached hydrogen (secondary N) is 4. The van der Waals surface area contributed by atoms with Crippen LogP contribution in [0, 0.1) is 24.2 Å². The average molecular weight is 898 g/mol. The maximum Gasteiger partial charge on any atom is 0.267 e. The number of terminal acetylenes is 1. The van der Waals surface area contributed by atoms with Gasteiger partial charge >= 0.3 is 0 Å². The Morgan fingerprint density at radius 2 is 1.35 bits per heavy atom. The summed E-state index contributed by atoms with van der Waals surface area (Å²) in [6.45, 7) is 9.94. The number of ketones is 1. The second-order valence-corrected chi connectivity index (χ2v) is 18.7. The molecule has 1 saturated heterocycles. The molecule has 1 heterocycles. The molecular formula is C46H67N5O11S. The molecule has 1 aliphatic rings. The first kappa shape index (κ1) is 52.6. The number of Topliss-reactive ketones (excluding diaryl/α,β-unsaturated/α-hetero) is 1. The SMILES string of the molecule is C#CCOCCCS(=O)(=O)OCC(C)(O)C(=O)C(CC(C)C)NC(=O)C(Cc1ccccc1)NC(=O)C(CC(C)C)NC(=O)C(CCc1ccccc1)NC(=O)CN1CCOCC1. The maximum atomic E-state index is 14.3. The largest absolute Gasteiger partial charge is 0.380 e. The average Bonchev–Trinajstić information content (AvgIpc) is 3.24. The minimum Gasteiger partial charge on any atom is -0.380 e. The third kappa shape index (κ3) is 20.1. The summed E-state index contributed by atoms with van der Waals surface area (Å²) >= 11 is 0. The number of rotatable bonds is 28. The zero-order chi connectivity index (χ0) is 46.4. The second-order valence-electron chi connectivity index (χ2n) is 16.9. The molecule has 1 fully saturated rings. The predicted octanol–water partition coefficient (Wildman–Crippen LogP) is 1.93. The first-order chi connectivity index (χ1) is 29.9. The van der Waals surface area contributed by atoms with Crippen molar-refractivity contribution in [2.24, 2.45) is 11.8 Å². The summed E-state index contributed by atoms with van der Waals surface area (Å²) in [5.41, 5.74) is -0.677. The fraction of sp³-hybridized carbons (Fsp3) is 0.587. The Morgan fingerprint density at radius 3 is 1.95 bits per heavy atom. The molecule has 348 valence electrons.